The van der Waals surface area contributed by atoms with Gasteiger partial charge in [-0.2, -0.15) is 0 Å². The van der Waals surface area contributed by atoms with Crippen molar-refractivity contribution in [1.82, 2.24) is 4.90 Å². The molecule has 0 saturated carbocycles. The molecule has 0 bridgehead atoms. The Kier molecular flexibility index (Phi) is 8.28. The van der Waals surface area contributed by atoms with E-state index < -0.39 is 0 Å². The molecular formula is C27H32N2O3. The van der Waals surface area contributed by atoms with E-state index in [-0.39, 0.29) is 5.91 Å². The number of likely N-dealkylation sites (N-methyl/N-ethyl adjacent to an activating group) is 1. The summed E-state index contributed by atoms with van der Waals surface area (Å²) in [6, 6.07) is 23.2. The summed E-state index contributed by atoms with van der Waals surface area (Å²) in [7, 11) is 3.44. The Balaban J connectivity index is 1.60. The summed E-state index contributed by atoms with van der Waals surface area (Å²) in [6.45, 7) is 7.89. The Morgan fingerprint density at radius 3 is 1.84 bits per heavy atom. The number of benzene rings is 3. The SMILES string of the molecule is CCN(CC)CCOc1ccc(N(C)C(=O)c2ccc(-c3ccc(OC)cc3)cc2)cc1. The number of hydrogen-bond donors (Lipinski definition) is 0. The van der Waals surface area contributed by atoms with Gasteiger partial charge in [-0.25, -0.2) is 0 Å². The van der Waals surface area contributed by atoms with Crippen molar-refractivity contribution in [2.24, 2.45) is 0 Å². The third-order valence-electron chi connectivity index (χ3n) is 5.65. The van der Waals surface area contributed by atoms with Crippen LogP contribution in [0.15, 0.2) is 72.8 Å². The molecule has 0 unspecified atom stereocenters. The molecule has 0 fully saturated rings. The molecule has 5 heteroatoms. The van der Waals surface area contributed by atoms with Crippen molar-refractivity contribution in [3.05, 3.63) is 78.4 Å². The van der Waals surface area contributed by atoms with Crippen molar-refractivity contribution in [2.75, 3.05) is 45.3 Å². The zero-order valence-corrected chi connectivity index (χ0v) is 19.4. The Morgan fingerprint density at radius 1 is 0.781 bits per heavy atom. The molecule has 0 aliphatic rings. The van der Waals surface area contributed by atoms with Crippen LogP contribution in [-0.4, -0.2) is 51.2 Å². The average Bonchev–Trinajstić information content (AvgIpc) is 2.86. The van der Waals surface area contributed by atoms with Crippen LogP contribution in [0.1, 0.15) is 24.2 Å². The lowest BCUT2D eigenvalue weighted by atomic mass is 10.0. The van der Waals surface area contributed by atoms with Gasteiger partial charge in [0.2, 0.25) is 0 Å². The van der Waals surface area contributed by atoms with Crippen LogP contribution in [0, 0.1) is 0 Å². The van der Waals surface area contributed by atoms with E-state index in [4.69, 9.17) is 9.47 Å². The third kappa shape index (κ3) is 5.89. The normalized spacial score (nSPS) is 10.8. The van der Waals surface area contributed by atoms with E-state index in [0.29, 0.717) is 12.2 Å². The molecule has 0 spiro atoms. The highest BCUT2D eigenvalue weighted by Crippen LogP contribution is 2.24. The largest absolute Gasteiger partial charge is 0.497 e. The number of amides is 1. The van der Waals surface area contributed by atoms with Crippen molar-refractivity contribution in [2.45, 2.75) is 13.8 Å². The summed E-state index contributed by atoms with van der Waals surface area (Å²) in [5, 5.41) is 0. The number of carbonyl (C=O) groups is 1. The summed E-state index contributed by atoms with van der Waals surface area (Å²) < 4.78 is 11.0. The standard InChI is InChI=1S/C27H32N2O3/c1-5-29(6-2)19-20-32-26-17-13-24(14-18-26)28(3)27(30)23-9-7-21(8-10-23)22-11-15-25(31-4)16-12-22/h7-18H,5-6,19-20H2,1-4H3. The first-order chi connectivity index (χ1) is 15.5. The first-order valence-electron chi connectivity index (χ1n) is 11.0. The third-order valence-corrected chi connectivity index (χ3v) is 5.65. The van der Waals surface area contributed by atoms with Crippen molar-refractivity contribution < 1.29 is 14.3 Å². The first kappa shape index (κ1) is 23.4. The Bertz CT molecular complexity index is 979. The van der Waals surface area contributed by atoms with E-state index in [9.17, 15) is 4.79 Å². The van der Waals surface area contributed by atoms with Gasteiger partial charge in [-0.05, 0) is 72.7 Å². The summed E-state index contributed by atoms with van der Waals surface area (Å²) in [6.07, 6.45) is 0. The molecule has 0 saturated heterocycles. The number of ether oxygens (including phenoxy) is 2. The lowest BCUT2D eigenvalue weighted by Crippen LogP contribution is -2.28. The minimum absolute atomic E-state index is 0.0542. The lowest BCUT2D eigenvalue weighted by molar-refractivity contribution is 0.0993. The monoisotopic (exact) mass is 432 g/mol. The van der Waals surface area contributed by atoms with E-state index >= 15 is 0 Å². The molecule has 0 radical (unpaired) electrons. The van der Waals surface area contributed by atoms with Gasteiger partial charge < -0.3 is 19.3 Å². The minimum atomic E-state index is -0.0542. The highest BCUT2D eigenvalue weighted by molar-refractivity contribution is 6.06. The molecule has 3 aromatic rings. The molecule has 3 rings (SSSR count). The zero-order valence-electron chi connectivity index (χ0n) is 19.4. The number of carbonyl (C=O) groups excluding carboxylic acids is 1. The predicted octanol–water partition coefficient (Wildman–Crippen LogP) is 5.36. The first-order valence-corrected chi connectivity index (χ1v) is 11.0. The van der Waals surface area contributed by atoms with Gasteiger partial charge in [-0.1, -0.05) is 38.1 Å². The second kappa shape index (κ2) is 11.3. The smallest absolute Gasteiger partial charge is 0.258 e. The summed E-state index contributed by atoms with van der Waals surface area (Å²) in [4.78, 5) is 16.9. The fourth-order valence-electron chi connectivity index (χ4n) is 3.50. The van der Waals surface area contributed by atoms with Crippen LogP contribution in [-0.2, 0) is 0 Å². The topological polar surface area (TPSA) is 42.0 Å². The van der Waals surface area contributed by atoms with Crippen LogP contribution in [0.25, 0.3) is 11.1 Å². The lowest BCUT2D eigenvalue weighted by Gasteiger charge is -2.19. The maximum Gasteiger partial charge on any atom is 0.258 e. The number of hydrogen-bond acceptors (Lipinski definition) is 4. The van der Waals surface area contributed by atoms with Crippen molar-refractivity contribution in [1.29, 1.82) is 0 Å². The predicted molar refractivity (Wildman–Crippen MR) is 131 cm³/mol. The number of rotatable bonds is 10. The van der Waals surface area contributed by atoms with E-state index in [1.165, 1.54) is 0 Å². The molecule has 1 amide bonds. The molecule has 0 aromatic heterocycles. The van der Waals surface area contributed by atoms with Crippen LogP contribution in [0.4, 0.5) is 5.69 Å². The molecule has 0 N–H and O–H groups in total. The van der Waals surface area contributed by atoms with Gasteiger partial charge >= 0.3 is 0 Å². The van der Waals surface area contributed by atoms with E-state index in [2.05, 4.69) is 18.7 Å². The highest BCUT2D eigenvalue weighted by atomic mass is 16.5. The molecule has 32 heavy (non-hydrogen) atoms. The second-order valence-corrected chi connectivity index (χ2v) is 7.54. The number of nitrogens with zero attached hydrogens (tertiary/aromatic N) is 2. The summed E-state index contributed by atoms with van der Waals surface area (Å²) in [5.74, 6) is 1.58. The Hall–Kier alpha value is -3.31. The Labute approximate surface area is 191 Å². The van der Waals surface area contributed by atoms with Crippen LogP contribution in [0.5, 0.6) is 11.5 Å². The van der Waals surface area contributed by atoms with Crippen molar-refractivity contribution in [3.63, 3.8) is 0 Å². The number of anilines is 1. The molecule has 0 heterocycles. The van der Waals surface area contributed by atoms with Gasteiger partial charge in [0, 0.05) is 24.8 Å². The molecule has 168 valence electrons. The molecular weight excluding hydrogens is 400 g/mol. The van der Waals surface area contributed by atoms with E-state index in [1.54, 1.807) is 19.1 Å². The average molecular weight is 433 g/mol. The van der Waals surface area contributed by atoms with Crippen LogP contribution < -0.4 is 14.4 Å². The van der Waals surface area contributed by atoms with Crippen LogP contribution in [0.3, 0.4) is 0 Å². The van der Waals surface area contributed by atoms with E-state index in [1.807, 2.05) is 72.8 Å². The summed E-state index contributed by atoms with van der Waals surface area (Å²) in [5.41, 5.74) is 3.60. The van der Waals surface area contributed by atoms with Gasteiger partial charge in [0.15, 0.2) is 0 Å². The van der Waals surface area contributed by atoms with E-state index in [0.717, 1.165) is 47.9 Å². The maximum atomic E-state index is 12.9. The van der Waals surface area contributed by atoms with Gasteiger partial charge in [-0.3, -0.25) is 4.79 Å². The fraction of sp³-hybridized carbons (Fsp3) is 0.296. The minimum Gasteiger partial charge on any atom is -0.497 e. The quantitative estimate of drug-likeness (QED) is 0.433. The van der Waals surface area contributed by atoms with Gasteiger partial charge in [0.05, 0.1) is 7.11 Å². The zero-order chi connectivity index (χ0) is 22.9. The maximum absolute atomic E-state index is 12.9. The second-order valence-electron chi connectivity index (χ2n) is 7.54. The summed E-state index contributed by atoms with van der Waals surface area (Å²) >= 11 is 0. The molecule has 5 nitrogen and oxygen atoms in total. The Morgan fingerprint density at radius 2 is 1.31 bits per heavy atom. The van der Waals surface area contributed by atoms with Gasteiger partial charge in [-0.15, -0.1) is 0 Å². The van der Waals surface area contributed by atoms with Crippen molar-refractivity contribution in [3.8, 4) is 22.6 Å². The van der Waals surface area contributed by atoms with Gasteiger partial charge in [0.1, 0.15) is 18.1 Å². The molecule has 3 aromatic carbocycles. The number of methoxy groups -OCH3 is 1. The van der Waals surface area contributed by atoms with Crippen molar-refractivity contribution >= 4 is 11.6 Å². The fourth-order valence-corrected chi connectivity index (χ4v) is 3.50. The highest BCUT2D eigenvalue weighted by Gasteiger charge is 2.14. The van der Waals surface area contributed by atoms with Gasteiger partial charge in [0.25, 0.3) is 5.91 Å². The van der Waals surface area contributed by atoms with Crippen LogP contribution in [0.2, 0.25) is 0 Å². The molecule has 0 aliphatic carbocycles. The molecule has 0 aliphatic heterocycles. The van der Waals surface area contributed by atoms with Crippen LogP contribution >= 0.6 is 0 Å². The molecule has 0 atom stereocenters.